The van der Waals surface area contributed by atoms with Crippen molar-refractivity contribution in [3.63, 3.8) is 0 Å². The van der Waals surface area contributed by atoms with Gasteiger partial charge < -0.3 is 0 Å². The molecule has 4 nitrogen and oxygen atoms in total. The van der Waals surface area contributed by atoms with Crippen molar-refractivity contribution in [2.75, 3.05) is 18.8 Å². The summed E-state index contributed by atoms with van der Waals surface area (Å²) in [6, 6.07) is 3.96. The fourth-order valence-corrected chi connectivity index (χ4v) is 3.36. The van der Waals surface area contributed by atoms with Gasteiger partial charge in [0.1, 0.15) is 0 Å². The number of pyridine rings is 1. The zero-order valence-corrected chi connectivity index (χ0v) is 10.2. The molecule has 0 atom stereocenters. The van der Waals surface area contributed by atoms with Gasteiger partial charge in [0.25, 0.3) is 0 Å². The van der Waals surface area contributed by atoms with Gasteiger partial charge in [-0.05, 0) is 25.0 Å². The summed E-state index contributed by atoms with van der Waals surface area (Å²) >= 11 is 0. The molecule has 88 valence electrons. The highest BCUT2D eigenvalue weighted by Gasteiger charge is 2.27. The Balaban J connectivity index is 1.95. The molecule has 0 N–H and O–H groups in total. The third-order valence-corrected chi connectivity index (χ3v) is 4.75. The predicted octanol–water partition coefficient (Wildman–Crippen LogP) is 0.968. The molecule has 16 heavy (non-hydrogen) atoms. The van der Waals surface area contributed by atoms with Crippen LogP contribution in [0.1, 0.15) is 17.7 Å². The minimum absolute atomic E-state index is 0.300. The van der Waals surface area contributed by atoms with Gasteiger partial charge in [0, 0.05) is 31.4 Å². The lowest BCUT2D eigenvalue weighted by atomic mass is 10.2. The molecule has 1 aromatic heterocycles. The summed E-state index contributed by atoms with van der Waals surface area (Å²) in [7, 11) is -2.96. The number of hydrogen-bond acceptors (Lipinski definition) is 3. The fraction of sp³-hybridized carbons (Fsp3) is 0.545. The summed E-state index contributed by atoms with van der Waals surface area (Å²) in [6.07, 6.45) is 3.26. The zero-order chi connectivity index (χ0) is 11.6. The van der Waals surface area contributed by atoms with Crippen LogP contribution in [-0.4, -0.2) is 36.5 Å². The molecule has 0 radical (unpaired) electrons. The number of rotatable bonds is 3. The van der Waals surface area contributed by atoms with E-state index in [-0.39, 0.29) is 0 Å². The van der Waals surface area contributed by atoms with Crippen molar-refractivity contribution in [2.24, 2.45) is 0 Å². The van der Waals surface area contributed by atoms with E-state index < -0.39 is 10.0 Å². The second kappa shape index (κ2) is 4.51. The highest BCUT2D eigenvalue weighted by atomic mass is 32.2. The van der Waals surface area contributed by atoms with Crippen molar-refractivity contribution < 1.29 is 8.42 Å². The third kappa shape index (κ3) is 2.59. The van der Waals surface area contributed by atoms with Crippen LogP contribution in [0.3, 0.4) is 0 Å². The first kappa shape index (κ1) is 11.5. The Kier molecular flexibility index (Phi) is 3.25. The first-order valence-corrected chi connectivity index (χ1v) is 7.08. The van der Waals surface area contributed by atoms with Crippen molar-refractivity contribution in [3.05, 3.63) is 29.6 Å². The molecule has 0 bridgehead atoms. The van der Waals surface area contributed by atoms with E-state index in [4.69, 9.17) is 0 Å². The van der Waals surface area contributed by atoms with Crippen LogP contribution in [-0.2, 0) is 16.4 Å². The van der Waals surface area contributed by atoms with Crippen LogP contribution in [0.25, 0.3) is 0 Å². The Morgan fingerprint density at radius 3 is 2.81 bits per heavy atom. The Hall–Kier alpha value is -0.940. The second-order valence-corrected chi connectivity index (χ2v) is 6.23. The van der Waals surface area contributed by atoms with Crippen molar-refractivity contribution in [3.8, 4) is 0 Å². The average molecular weight is 240 g/mol. The third-order valence-electron chi connectivity index (χ3n) is 2.79. The number of sulfonamides is 1. The maximum Gasteiger partial charge on any atom is 0.214 e. The van der Waals surface area contributed by atoms with Crippen molar-refractivity contribution >= 4 is 10.0 Å². The topological polar surface area (TPSA) is 50.3 Å². The zero-order valence-electron chi connectivity index (χ0n) is 9.39. The summed E-state index contributed by atoms with van der Waals surface area (Å²) in [5.74, 6) is 0.300. The molecule has 0 saturated carbocycles. The minimum Gasteiger partial charge on any atom is -0.261 e. The van der Waals surface area contributed by atoms with Crippen molar-refractivity contribution in [1.82, 2.24) is 9.29 Å². The molecule has 1 aliphatic heterocycles. The van der Waals surface area contributed by atoms with E-state index in [9.17, 15) is 8.42 Å². The number of nitrogens with zero attached hydrogens (tertiary/aromatic N) is 2. The summed E-state index contributed by atoms with van der Waals surface area (Å²) in [5, 5.41) is 0. The van der Waals surface area contributed by atoms with Gasteiger partial charge in [-0.25, -0.2) is 12.7 Å². The highest BCUT2D eigenvalue weighted by Crippen LogP contribution is 2.13. The van der Waals surface area contributed by atoms with E-state index in [0.29, 0.717) is 25.3 Å². The molecule has 0 aliphatic carbocycles. The molecule has 1 saturated heterocycles. The maximum absolute atomic E-state index is 11.5. The van der Waals surface area contributed by atoms with Gasteiger partial charge in [0.05, 0.1) is 5.75 Å². The van der Waals surface area contributed by atoms with Crippen LogP contribution >= 0.6 is 0 Å². The molecule has 0 spiro atoms. The largest absolute Gasteiger partial charge is 0.261 e. The average Bonchev–Trinajstić information content (AvgIpc) is 2.57. The van der Waals surface area contributed by atoms with Crippen LogP contribution in [0.15, 0.2) is 18.3 Å². The normalized spacial score (nSPS) is 20.1. The van der Waals surface area contributed by atoms with E-state index >= 15 is 0 Å². The lowest BCUT2D eigenvalue weighted by molar-refractivity contribution is 0.445. The minimum atomic E-state index is -2.96. The summed E-state index contributed by atoms with van der Waals surface area (Å²) < 4.78 is 24.6. The molecule has 5 heteroatoms. The molecular weight excluding hydrogens is 224 g/mol. The SMILES string of the molecule is Cc1ccc(CCN2CCCS2(=O)=O)nc1. The van der Waals surface area contributed by atoms with Crippen LogP contribution < -0.4 is 0 Å². The van der Waals surface area contributed by atoms with E-state index in [1.165, 1.54) is 0 Å². The van der Waals surface area contributed by atoms with E-state index in [1.807, 2.05) is 25.3 Å². The number of aromatic nitrogens is 1. The Morgan fingerprint density at radius 2 is 2.25 bits per heavy atom. The van der Waals surface area contributed by atoms with Gasteiger partial charge in [0.2, 0.25) is 10.0 Å². The molecule has 1 aliphatic rings. The Labute approximate surface area is 96.4 Å². The first-order chi connectivity index (χ1) is 7.58. The summed E-state index contributed by atoms with van der Waals surface area (Å²) in [5.41, 5.74) is 2.07. The second-order valence-electron chi connectivity index (χ2n) is 4.15. The molecule has 1 aromatic rings. The number of aryl methyl sites for hydroxylation is 1. The lowest BCUT2D eigenvalue weighted by Gasteiger charge is -2.13. The Morgan fingerprint density at radius 1 is 1.44 bits per heavy atom. The van der Waals surface area contributed by atoms with E-state index in [1.54, 1.807) is 4.31 Å². The molecule has 2 rings (SSSR count). The summed E-state index contributed by atoms with van der Waals surface area (Å²) in [4.78, 5) is 4.27. The Bertz CT molecular complexity index is 453. The molecule has 1 fully saturated rings. The quantitative estimate of drug-likeness (QED) is 0.791. The standard InChI is InChI=1S/C11H16N2O2S/c1-10-3-4-11(12-9-10)5-7-13-6-2-8-16(13,14)15/h3-4,9H,2,5-8H2,1H3. The van der Waals surface area contributed by atoms with Crippen LogP contribution in [0.2, 0.25) is 0 Å². The lowest BCUT2D eigenvalue weighted by Crippen LogP contribution is -2.28. The van der Waals surface area contributed by atoms with Gasteiger partial charge in [-0.3, -0.25) is 4.98 Å². The van der Waals surface area contributed by atoms with Crippen LogP contribution in [0.5, 0.6) is 0 Å². The van der Waals surface area contributed by atoms with Gasteiger partial charge >= 0.3 is 0 Å². The van der Waals surface area contributed by atoms with Gasteiger partial charge in [0.15, 0.2) is 0 Å². The number of hydrogen-bond donors (Lipinski definition) is 0. The first-order valence-electron chi connectivity index (χ1n) is 5.47. The molecular formula is C11H16N2O2S. The van der Waals surface area contributed by atoms with Crippen LogP contribution in [0.4, 0.5) is 0 Å². The monoisotopic (exact) mass is 240 g/mol. The molecule has 0 aromatic carbocycles. The van der Waals surface area contributed by atoms with E-state index in [0.717, 1.165) is 17.7 Å². The predicted molar refractivity (Wildman–Crippen MR) is 62.7 cm³/mol. The molecule has 0 unspecified atom stereocenters. The van der Waals surface area contributed by atoms with Crippen molar-refractivity contribution in [1.29, 1.82) is 0 Å². The van der Waals surface area contributed by atoms with E-state index in [2.05, 4.69) is 4.98 Å². The molecule has 2 heterocycles. The van der Waals surface area contributed by atoms with Gasteiger partial charge in [-0.2, -0.15) is 0 Å². The molecule has 0 amide bonds. The maximum atomic E-state index is 11.5. The van der Waals surface area contributed by atoms with Gasteiger partial charge in [-0.15, -0.1) is 0 Å². The fourth-order valence-electron chi connectivity index (χ4n) is 1.83. The smallest absolute Gasteiger partial charge is 0.214 e. The van der Waals surface area contributed by atoms with Crippen molar-refractivity contribution in [2.45, 2.75) is 19.8 Å². The highest BCUT2D eigenvalue weighted by molar-refractivity contribution is 7.89. The van der Waals surface area contributed by atoms with Gasteiger partial charge in [-0.1, -0.05) is 6.07 Å². The van der Waals surface area contributed by atoms with Crippen LogP contribution in [0, 0.1) is 6.92 Å². The summed E-state index contributed by atoms with van der Waals surface area (Å²) in [6.45, 7) is 3.20.